The van der Waals surface area contributed by atoms with E-state index >= 15 is 0 Å². The average molecular weight is 322 g/mol. The fourth-order valence-electron chi connectivity index (χ4n) is 2.63. The highest BCUT2D eigenvalue weighted by Gasteiger charge is 2.19. The van der Waals surface area contributed by atoms with Gasteiger partial charge in [-0.15, -0.1) is 0 Å². The van der Waals surface area contributed by atoms with E-state index in [1.165, 1.54) is 6.42 Å². The topological polar surface area (TPSA) is 63.6 Å². The molecule has 0 amide bonds. The van der Waals surface area contributed by atoms with Crippen LogP contribution in [0.4, 0.5) is 0 Å². The van der Waals surface area contributed by atoms with Crippen molar-refractivity contribution in [2.75, 3.05) is 0 Å². The predicted molar refractivity (Wildman–Crippen MR) is 86.7 cm³/mol. The van der Waals surface area contributed by atoms with Crippen LogP contribution in [0, 0.1) is 0 Å². The second-order valence-electron chi connectivity index (χ2n) is 5.73. The monoisotopic (exact) mass is 322 g/mol. The molecule has 0 saturated heterocycles. The summed E-state index contributed by atoms with van der Waals surface area (Å²) in [6.07, 6.45) is 5.85. The quantitative estimate of drug-likeness (QED) is 0.495. The first-order valence-electron chi connectivity index (χ1n) is 7.58. The van der Waals surface area contributed by atoms with E-state index in [4.69, 9.17) is 9.29 Å². The van der Waals surface area contributed by atoms with Crippen LogP contribution in [0.3, 0.4) is 0 Å². The molecule has 1 aromatic carbocycles. The molecule has 0 aromatic heterocycles. The Morgan fingerprint density at radius 1 is 1.18 bits per heavy atom. The summed E-state index contributed by atoms with van der Waals surface area (Å²) in [5, 5.41) is 0. The van der Waals surface area contributed by atoms with Crippen molar-refractivity contribution in [3.8, 4) is 0 Å². The van der Waals surface area contributed by atoms with E-state index in [2.05, 4.69) is 6.58 Å². The van der Waals surface area contributed by atoms with Gasteiger partial charge < -0.3 is 9.29 Å². The first-order chi connectivity index (χ1) is 10.5. The predicted octanol–water partition coefficient (Wildman–Crippen LogP) is 3.38. The van der Waals surface area contributed by atoms with Crippen LogP contribution in [0.5, 0.6) is 0 Å². The smallest absolute Gasteiger partial charge is 0.334 e. The number of carbonyl (C=O) groups is 1. The summed E-state index contributed by atoms with van der Waals surface area (Å²) in [6, 6.07) is 7.29. The molecule has 22 heavy (non-hydrogen) atoms. The second kappa shape index (κ2) is 8.25. The Kier molecular flexibility index (Phi) is 6.34. The van der Waals surface area contributed by atoms with Crippen LogP contribution in [0.15, 0.2) is 36.4 Å². The summed E-state index contributed by atoms with van der Waals surface area (Å²) in [5.41, 5.74) is 2.18. The van der Waals surface area contributed by atoms with Gasteiger partial charge >= 0.3 is 5.97 Å². The van der Waals surface area contributed by atoms with E-state index in [1.54, 1.807) is 12.1 Å². The summed E-state index contributed by atoms with van der Waals surface area (Å²) in [7, 11) is 0. The van der Waals surface area contributed by atoms with Crippen molar-refractivity contribution in [1.82, 2.24) is 0 Å². The van der Waals surface area contributed by atoms with Gasteiger partial charge in [-0.2, -0.15) is 0 Å². The van der Waals surface area contributed by atoms with Crippen LogP contribution in [-0.2, 0) is 32.8 Å². The molecule has 1 unspecified atom stereocenters. The number of hydrogen-bond acceptors (Lipinski definition) is 3. The van der Waals surface area contributed by atoms with Gasteiger partial charge in [0.15, 0.2) is 11.1 Å². The van der Waals surface area contributed by atoms with E-state index in [0.717, 1.165) is 36.8 Å². The highest BCUT2D eigenvalue weighted by molar-refractivity contribution is 7.78. The summed E-state index contributed by atoms with van der Waals surface area (Å²) < 4.78 is 25.1. The van der Waals surface area contributed by atoms with Crippen LogP contribution < -0.4 is 0 Å². The number of carbonyl (C=O) groups excluding carboxylic acids is 1. The van der Waals surface area contributed by atoms with Crippen LogP contribution in [0.25, 0.3) is 0 Å². The molecule has 4 nitrogen and oxygen atoms in total. The molecule has 0 radical (unpaired) electrons. The molecule has 2 rings (SSSR count). The van der Waals surface area contributed by atoms with Crippen molar-refractivity contribution in [3.63, 3.8) is 0 Å². The second-order valence-corrected chi connectivity index (χ2v) is 6.66. The fraction of sp³-hybridized carbons (Fsp3) is 0.471. The number of esters is 1. The molecule has 1 fully saturated rings. The van der Waals surface area contributed by atoms with Crippen molar-refractivity contribution >= 4 is 17.0 Å². The Balaban J connectivity index is 1.85. The molecule has 0 spiro atoms. The molecule has 1 aliphatic carbocycles. The van der Waals surface area contributed by atoms with Gasteiger partial charge in [0.25, 0.3) is 0 Å². The number of benzene rings is 1. The van der Waals surface area contributed by atoms with E-state index in [-0.39, 0.29) is 17.8 Å². The van der Waals surface area contributed by atoms with Gasteiger partial charge in [-0.1, -0.05) is 37.3 Å². The Morgan fingerprint density at radius 3 is 2.36 bits per heavy atom. The third-order valence-corrected chi connectivity index (χ3v) is 4.43. The van der Waals surface area contributed by atoms with Gasteiger partial charge in [0.1, 0.15) is 6.10 Å². The molecule has 1 N–H and O–H groups in total. The maximum absolute atomic E-state index is 12.0. The zero-order valence-corrected chi connectivity index (χ0v) is 13.4. The molecular formula is C17H22O4S. The first-order valence-corrected chi connectivity index (χ1v) is 8.86. The summed E-state index contributed by atoms with van der Waals surface area (Å²) >= 11 is -1.84. The average Bonchev–Trinajstić information content (AvgIpc) is 2.49. The minimum atomic E-state index is -1.84. The van der Waals surface area contributed by atoms with Gasteiger partial charge in [0.2, 0.25) is 0 Å². The van der Waals surface area contributed by atoms with Crippen LogP contribution in [-0.4, -0.2) is 20.8 Å². The van der Waals surface area contributed by atoms with E-state index in [1.807, 2.05) is 12.1 Å². The van der Waals surface area contributed by atoms with E-state index < -0.39 is 11.1 Å². The fourth-order valence-corrected chi connectivity index (χ4v) is 3.11. The first kappa shape index (κ1) is 16.9. The third-order valence-electron chi connectivity index (χ3n) is 3.85. The number of hydrogen-bond donors (Lipinski definition) is 1. The lowest BCUT2D eigenvalue weighted by Crippen LogP contribution is -2.22. The van der Waals surface area contributed by atoms with Crippen molar-refractivity contribution in [1.29, 1.82) is 0 Å². The highest BCUT2D eigenvalue weighted by Crippen LogP contribution is 2.21. The number of rotatable bonds is 6. The standard InChI is InChI=1S/C17H22O4S/c1-13(17(18)21-16-5-3-2-4-6-16)11-14-7-9-15(10-8-14)12-22(19)20/h7-10,16H,1-6,11-12H2,(H,19,20). The lowest BCUT2D eigenvalue weighted by molar-refractivity contribution is -0.145. The van der Waals surface area contributed by atoms with Gasteiger partial charge in [0, 0.05) is 12.0 Å². The lowest BCUT2D eigenvalue weighted by atomic mass is 9.97. The minimum Gasteiger partial charge on any atom is -0.459 e. The Bertz CT molecular complexity index is 544. The zero-order chi connectivity index (χ0) is 15.9. The van der Waals surface area contributed by atoms with Gasteiger partial charge in [-0.25, -0.2) is 9.00 Å². The van der Waals surface area contributed by atoms with Crippen LogP contribution in [0.1, 0.15) is 43.2 Å². The molecule has 0 bridgehead atoms. The lowest BCUT2D eigenvalue weighted by Gasteiger charge is -2.22. The molecule has 1 saturated carbocycles. The van der Waals surface area contributed by atoms with Crippen molar-refractivity contribution in [2.45, 2.75) is 50.4 Å². The summed E-state index contributed by atoms with van der Waals surface area (Å²) in [6.45, 7) is 3.82. The zero-order valence-electron chi connectivity index (χ0n) is 12.6. The van der Waals surface area contributed by atoms with Gasteiger partial charge in [0.05, 0.1) is 5.75 Å². The summed E-state index contributed by atoms with van der Waals surface area (Å²) in [5.74, 6) is -0.197. The van der Waals surface area contributed by atoms with Gasteiger partial charge in [-0.3, -0.25) is 0 Å². The highest BCUT2D eigenvalue weighted by atomic mass is 32.2. The van der Waals surface area contributed by atoms with Crippen molar-refractivity contribution in [3.05, 3.63) is 47.5 Å². The van der Waals surface area contributed by atoms with Gasteiger partial charge in [-0.05, 0) is 36.8 Å². The Morgan fingerprint density at radius 2 is 1.77 bits per heavy atom. The third kappa shape index (κ3) is 5.39. The number of ether oxygens (including phenoxy) is 1. The molecule has 1 aliphatic rings. The largest absolute Gasteiger partial charge is 0.459 e. The van der Waals surface area contributed by atoms with Crippen LogP contribution in [0.2, 0.25) is 0 Å². The molecular weight excluding hydrogens is 300 g/mol. The maximum atomic E-state index is 12.0. The normalized spacial score (nSPS) is 17.0. The Hall–Kier alpha value is -1.46. The Labute approximate surface area is 133 Å². The molecule has 0 heterocycles. The van der Waals surface area contributed by atoms with Crippen molar-refractivity contribution < 1.29 is 18.3 Å². The molecule has 1 aromatic rings. The van der Waals surface area contributed by atoms with E-state index in [0.29, 0.717) is 12.0 Å². The SMILES string of the molecule is C=C(Cc1ccc(CS(=O)O)cc1)C(=O)OC1CCCCC1. The molecule has 0 aliphatic heterocycles. The van der Waals surface area contributed by atoms with Crippen LogP contribution >= 0.6 is 0 Å². The molecule has 120 valence electrons. The van der Waals surface area contributed by atoms with Crippen molar-refractivity contribution in [2.24, 2.45) is 0 Å². The van der Waals surface area contributed by atoms with E-state index in [9.17, 15) is 9.00 Å². The summed E-state index contributed by atoms with van der Waals surface area (Å²) in [4.78, 5) is 12.0. The maximum Gasteiger partial charge on any atom is 0.334 e. The molecule has 5 heteroatoms. The molecule has 1 atom stereocenters. The minimum absolute atomic E-state index is 0.0416.